The Kier molecular flexibility index (Phi) is 3.34. The normalized spacial score (nSPS) is 10.4. The van der Waals surface area contributed by atoms with E-state index in [2.05, 4.69) is 0 Å². The predicted octanol–water partition coefficient (Wildman–Crippen LogP) is 4.15. The molecule has 0 aliphatic carbocycles. The minimum Gasteiger partial charge on any atom is -0.478 e. The van der Waals surface area contributed by atoms with Gasteiger partial charge >= 0.3 is 5.97 Å². The Morgan fingerprint density at radius 2 is 2.00 bits per heavy atom. The van der Waals surface area contributed by atoms with E-state index in [0.717, 1.165) is 6.07 Å². The van der Waals surface area contributed by atoms with Crippen molar-refractivity contribution in [1.82, 2.24) is 0 Å². The molecule has 2 aromatic rings. The molecule has 0 atom stereocenters. The first-order valence-electron chi connectivity index (χ1n) is 5.28. The maximum Gasteiger partial charge on any atom is 0.336 e. The summed E-state index contributed by atoms with van der Waals surface area (Å²) in [5, 5.41) is 9.62. The van der Waals surface area contributed by atoms with Crippen LogP contribution in [0.25, 0.3) is 11.1 Å². The minimum absolute atomic E-state index is 0.0691. The van der Waals surface area contributed by atoms with E-state index in [-0.39, 0.29) is 5.56 Å². The highest BCUT2D eigenvalue weighted by Crippen LogP contribution is 2.28. The zero-order valence-electron chi connectivity index (χ0n) is 9.58. The number of carbonyl (C=O) groups is 1. The Balaban J connectivity index is 2.69. The molecule has 0 heterocycles. The molecular weight excluding hydrogens is 255 g/mol. The standard InChI is InChI=1S/C14H10ClFO2/c1-8-5-11(9-3-2-4-10(15)6-9)12(14(17)18)7-13(8)16/h2-7H,1H3,(H,17,18). The number of carboxylic acids is 1. The van der Waals surface area contributed by atoms with Crippen LogP contribution in [-0.2, 0) is 0 Å². The largest absolute Gasteiger partial charge is 0.478 e. The molecule has 4 heteroatoms. The summed E-state index contributed by atoms with van der Waals surface area (Å²) in [5.74, 6) is -1.69. The maximum atomic E-state index is 13.4. The molecule has 2 rings (SSSR count). The Morgan fingerprint density at radius 3 is 2.61 bits per heavy atom. The van der Waals surface area contributed by atoms with Crippen molar-refractivity contribution in [2.24, 2.45) is 0 Å². The van der Waals surface area contributed by atoms with Gasteiger partial charge in [-0.3, -0.25) is 0 Å². The van der Waals surface area contributed by atoms with Crippen LogP contribution in [0.3, 0.4) is 0 Å². The van der Waals surface area contributed by atoms with Gasteiger partial charge in [0.05, 0.1) is 5.56 Å². The summed E-state index contributed by atoms with van der Waals surface area (Å²) in [4.78, 5) is 11.1. The van der Waals surface area contributed by atoms with Crippen molar-refractivity contribution >= 4 is 17.6 Å². The number of aromatic carboxylic acids is 1. The lowest BCUT2D eigenvalue weighted by atomic mass is 9.97. The Hall–Kier alpha value is -1.87. The number of carboxylic acid groups (broad SMARTS) is 1. The van der Waals surface area contributed by atoms with Crippen LogP contribution < -0.4 is 0 Å². The van der Waals surface area contributed by atoms with Gasteiger partial charge in [-0.2, -0.15) is 0 Å². The molecule has 0 aliphatic rings. The van der Waals surface area contributed by atoms with Gasteiger partial charge in [0, 0.05) is 5.02 Å². The van der Waals surface area contributed by atoms with Gasteiger partial charge in [0.2, 0.25) is 0 Å². The van der Waals surface area contributed by atoms with E-state index in [1.54, 1.807) is 31.2 Å². The van der Waals surface area contributed by atoms with Gasteiger partial charge in [0.25, 0.3) is 0 Å². The molecule has 0 saturated heterocycles. The van der Waals surface area contributed by atoms with E-state index in [4.69, 9.17) is 16.7 Å². The first-order chi connectivity index (χ1) is 8.49. The number of hydrogen-bond acceptors (Lipinski definition) is 1. The molecule has 0 saturated carbocycles. The summed E-state index contributed by atoms with van der Waals surface area (Å²) in [6, 6.07) is 9.37. The molecule has 0 radical (unpaired) electrons. The van der Waals surface area contributed by atoms with Crippen molar-refractivity contribution < 1.29 is 14.3 Å². The van der Waals surface area contributed by atoms with Gasteiger partial charge in [-0.15, -0.1) is 0 Å². The molecule has 0 aliphatic heterocycles. The lowest BCUT2D eigenvalue weighted by Crippen LogP contribution is -2.02. The zero-order valence-corrected chi connectivity index (χ0v) is 10.3. The van der Waals surface area contributed by atoms with Crippen LogP contribution in [0.5, 0.6) is 0 Å². The average Bonchev–Trinajstić information content (AvgIpc) is 2.31. The third kappa shape index (κ3) is 2.36. The zero-order chi connectivity index (χ0) is 13.3. The maximum absolute atomic E-state index is 13.4. The molecule has 0 bridgehead atoms. The number of rotatable bonds is 2. The summed E-state index contributed by atoms with van der Waals surface area (Å²) in [5.41, 5.74) is 1.45. The van der Waals surface area contributed by atoms with Crippen LogP contribution in [-0.4, -0.2) is 11.1 Å². The van der Waals surface area contributed by atoms with Gasteiger partial charge in [-0.05, 0) is 47.9 Å². The van der Waals surface area contributed by atoms with E-state index in [9.17, 15) is 9.18 Å². The monoisotopic (exact) mass is 264 g/mol. The van der Waals surface area contributed by atoms with Gasteiger partial charge in [0.1, 0.15) is 5.82 Å². The summed E-state index contributed by atoms with van der Waals surface area (Å²) in [6.45, 7) is 1.59. The van der Waals surface area contributed by atoms with E-state index in [1.165, 1.54) is 6.07 Å². The second-order valence-corrected chi connectivity index (χ2v) is 4.40. The molecule has 0 aromatic heterocycles. The van der Waals surface area contributed by atoms with Crippen LogP contribution in [0.15, 0.2) is 36.4 Å². The molecule has 92 valence electrons. The van der Waals surface area contributed by atoms with Crippen molar-refractivity contribution in [2.75, 3.05) is 0 Å². The highest BCUT2D eigenvalue weighted by atomic mass is 35.5. The Bertz CT molecular complexity index is 623. The Morgan fingerprint density at radius 1 is 1.28 bits per heavy atom. The molecule has 0 spiro atoms. The van der Waals surface area contributed by atoms with Crippen molar-refractivity contribution in [2.45, 2.75) is 6.92 Å². The van der Waals surface area contributed by atoms with Crippen LogP contribution >= 0.6 is 11.6 Å². The SMILES string of the molecule is Cc1cc(-c2cccc(Cl)c2)c(C(=O)O)cc1F. The molecule has 0 fully saturated rings. The van der Waals surface area contributed by atoms with Gasteiger partial charge in [-0.1, -0.05) is 23.7 Å². The van der Waals surface area contributed by atoms with E-state index >= 15 is 0 Å². The molecule has 1 N–H and O–H groups in total. The molecule has 0 amide bonds. The first kappa shape index (κ1) is 12.6. The number of aryl methyl sites for hydroxylation is 1. The fourth-order valence-electron chi connectivity index (χ4n) is 1.75. The lowest BCUT2D eigenvalue weighted by Gasteiger charge is -2.09. The smallest absolute Gasteiger partial charge is 0.336 e. The van der Waals surface area contributed by atoms with Crippen LogP contribution in [0, 0.1) is 12.7 Å². The second kappa shape index (κ2) is 4.78. The highest BCUT2D eigenvalue weighted by molar-refractivity contribution is 6.30. The highest BCUT2D eigenvalue weighted by Gasteiger charge is 2.15. The van der Waals surface area contributed by atoms with Crippen molar-refractivity contribution in [3.05, 3.63) is 58.4 Å². The molecule has 0 unspecified atom stereocenters. The van der Waals surface area contributed by atoms with Crippen molar-refractivity contribution in [3.8, 4) is 11.1 Å². The van der Waals surface area contributed by atoms with Crippen LogP contribution in [0.4, 0.5) is 4.39 Å². The van der Waals surface area contributed by atoms with Crippen LogP contribution in [0.2, 0.25) is 5.02 Å². The van der Waals surface area contributed by atoms with E-state index in [1.807, 2.05) is 0 Å². The summed E-state index contributed by atoms with van der Waals surface area (Å²) in [7, 11) is 0. The van der Waals surface area contributed by atoms with Gasteiger partial charge in [-0.25, -0.2) is 9.18 Å². The van der Waals surface area contributed by atoms with E-state index in [0.29, 0.717) is 21.7 Å². The quantitative estimate of drug-likeness (QED) is 0.885. The average molecular weight is 265 g/mol. The van der Waals surface area contributed by atoms with Crippen molar-refractivity contribution in [1.29, 1.82) is 0 Å². The minimum atomic E-state index is -1.16. The van der Waals surface area contributed by atoms with Gasteiger partial charge in [0.15, 0.2) is 0 Å². The molecular formula is C14H10ClFO2. The molecule has 2 nitrogen and oxygen atoms in total. The predicted molar refractivity (Wildman–Crippen MR) is 68.5 cm³/mol. The number of halogens is 2. The van der Waals surface area contributed by atoms with Crippen LogP contribution in [0.1, 0.15) is 15.9 Å². The summed E-state index contributed by atoms with van der Waals surface area (Å²) >= 11 is 5.88. The molecule has 2 aromatic carbocycles. The van der Waals surface area contributed by atoms with Gasteiger partial charge < -0.3 is 5.11 Å². The fraction of sp³-hybridized carbons (Fsp3) is 0.0714. The summed E-state index contributed by atoms with van der Waals surface area (Å²) < 4.78 is 13.4. The third-order valence-corrected chi connectivity index (χ3v) is 2.90. The fourth-order valence-corrected chi connectivity index (χ4v) is 1.94. The van der Waals surface area contributed by atoms with Crippen molar-refractivity contribution in [3.63, 3.8) is 0 Å². The summed E-state index contributed by atoms with van der Waals surface area (Å²) in [6.07, 6.45) is 0. The second-order valence-electron chi connectivity index (χ2n) is 3.96. The first-order valence-corrected chi connectivity index (χ1v) is 5.66. The number of hydrogen-bond donors (Lipinski definition) is 1. The molecule has 18 heavy (non-hydrogen) atoms. The Labute approximate surface area is 109 Å². The number of benzene rings is 2. The van der Waals surface area contributed by atoms with E-state index < -0.39 is 11.8 Å². The topological polar surface area (TPSA) is 37.3 Å². The third-order valence-electron chi connectivity index (χ3n) is 2.66. The lowest BCUT2D eigenvalue weighted by molar-refractivity contribution is 0.0697.